The highest BCUT2D eigenvalue weighted by Gasteiger charge is 2.29. The van der Waals surface area contributed by atoms with Crippen LogP contribution in [0, 0.1) is 0 Å². The molecule has 33 heavy (non-hydrogen) atoms. The van der Waals surface area contributed by atoms with E-state index >= 15 is 0 Å². The SMILES string of the molecule is O=C(NCCC(O)C(O)c1ccc(O)c(CO)c1)OCC1c2ccccc2-c2ccccc21. The summed E-state index contributed by atoms with van der Waals surface area (Å²) >= 11 is 0. The summed E-state index contributed by atoms with van der Waals surface area (Å²) in [4.78, 5) is 12.2. The van der Waals surface area contributed by atoms with Gasteiger partial charge in [0, 0.05) is 18.0 Å². The van der Waals surface area contributed by atoms with Crippen LogP contribution < -0.4 is 5.32 Å². The molecule has 0 radical (unpaired) electrons. The van der Waals surface area contributed by atoms with Gasteiger partial charge in [-0.25, -0.2) is 4.79 Å². The first-order chi connectivity index (χ1) is 16.0. The summed E-state index contributed by atoms with van der Waals surface area (Å²) in [5.41, 5.74) is 5.18. The Morgan fingerprint density at radius 2 is 1.61 bits per heavy atom. The molecule has 5 N–H and O–H groups in total. The van der Waals surface area contributed by atoms with Crippen LogP contribution in [-0.2, 0) is 11.3 Å². The lowest BCUT2D eigenvalue weighted by Gasteiger charge is -2.19. The van der Waals surface area contributed by atoms with Gasteiger partial charge in [-0.05, 0) is 46.4 Å². The van der Waals surface area contributed by atoms with Gasteiger partial charge in [-0.3, -0.25) is 0 Å². The highest BCUT2D eigenvalue weighted by atomic mass is 16.5. The third-order valence-electron chi connectivity index (χ3n) is 6.03. The van der Waals surface area contributed by atoms with Crippen LogP contribution in [0.4, 0.5) is 4.79 Å². The predicted octanol–water partition coefficient (Wildman–Crippen LogP) is 3.21. The van der Waals surface area contributed by atoms with Crippen LogP contribution in [0.3, 0.4) is 0 Å². The van der Waals surface area contributed by atoms with Gasteiger partial charge < -0.3 is 30.5 Å². The molecule has 0 aliphatic heterocycles. The molecule has 0 saturated carbocycles. The minimum atomic E-state index is -1.22. The van der Waals surface area contributed by atoms with Crippen LogP contribution in [0.15, 0.2) is 66.7 Å². The van der Waals surface area contributed by atoms with Gasteiger partial charge in [0.15, 0.2) is 0 Å². The highest BCUT2D eigenvalue weighted by Crippen LogP contribution is 2.44. The molecule has 3 aromatic rings. The molecule has 7 heteroatoms. The van der Waals surface area contributed by atoms with Crippen molar-refractivity contribution in [3.8, 4) is 16.9 Å². The Labute approximate surface area is 191 Å². The maximum atomic E-state index is 12.2. The summed E-state index contributed by atoms with van der Waals surface area (Å²) in [5, 5.41) is 42.1. The number of nitrogens with one attached hydrogen (secondary N) is 1. The molecule has 172 valence electrons. The van der Waals surface area contributed by atoms with Gasteiger partial charge in [-0.1, -0.05) is 54.6 Å². The van der Waals surface area contributed by atoms with Gasteiger partial charge in [-0.15, -0.1) is 0 Å². The van der Waals surface area contributed by atoms with Gasteiger partial charge >= 0.3 is 6.09 Å². The molecule has 0 spiro atoms. The van der Waals surface area contributed by atoms with Gasteiger partial charge in [-0.2, -0.15) is 0 Å². The van der Waals surface area contributed by atoms with Crippen LogP contribution in [0.5, 0.6) is 5.75 Å². The first kappa shape index (κ1) is 22.8. The molecular weight excluding hydrogens is 422 g/mol. The lowest BCUT2D eigenvalue weighted by molar-refractivity contribution is 0.0135. The Balaban J connectivity index is 1.28. The van der Waals surface area contributed by atoms with Crippen molar-refractivity contribution < 1.29 is 30.0 Å². The quantitative estimate of drug-likeness (QED) is 0.360. The summed E-state index contributed by atoms with van der Waals surface area (Å²) in [6.45, 7) is -0.0752. The fourth-order valence-corrected chi connectivity index (χ4v) is 4.27. The molecule has 3 aromatic carbocycles. The number of carbonyl (C=O) groups is 1. The van der Waals surface area contributed by atoms with Crippen molar-refractivity contribution in [2.45, 2.75) is 31.2 Å². The van der Waals surface area contributed by atoms with Crippen LogP contribution in [0.2, 0.25) is 0 Å². The Kier molecular flexibility index (Phi) is 6.93. The molecule has 1 amide bonds. The predicted molar refractivity (Wildman–Crippen MR) is 123 cm³/mol. The fourth-order valence-electron chi connectivity index (χ4n) is 4.27. The fraction of sp³-hybridized carbons (Fsp3) is 0.269. The zero-order valence-electron chi connectivity index (χ0n) is 18.0. The zero-order valence-corrected chi connectivity index (χ0v) is 18.0. The monoisotopic (exact) mass is 449 g/mol. The molecule has 0 fully saturated rings. The van der Waals surface area contributed by atoms with Crippen LogP contribution in [-0.4, -0.2) is 45.8 Å². The number of rotatable bonds is 8. The summed E-state index contributed by atoms with van der Waals surface area (Å²) in [7, 11) is 0. The van der Waals surface area contributed by atoms with E-state index < -0.39 is 18.3 Å². The topological polar surface area (TPSA) is 119 Å². The van der Waals surface area contributed by atoms with E-state index in [0.717, 1.165) is 22.3 Å². The van der Waals surface area contributed by atoms with Gasteiger partial charge in [0.1, 0.15) is 18.5 Å². The number of aromatic hydroxyl groups is 1. The molecular formula is C26H27NO6. The normalized spacial score (nSPS) is 14.3. The maximum Gasteiger partial charge on any atom is 0.407 e. The van der Waals surface area contributed by atoms with E-state index in [0.29, 0.717) is 5.56 Å². The molecule has 2 unspecified atom stereocenters. The number of amides is 1. The average molecular weight is 450 g/mol. The van der Waals surface area contributed by atoms with Crippen molar-refractivity contribution in [2.75, 3.05) is 13.2 Å². The van der Waals surface area contributed by atoms with Crippen molar-refractivity contribution in [3.05, 3.63) is 89.0 Å². The Bertz CT molecular complexity index is 1090. The van der Waals surface area contributed by atoms with E-state index in [9.17, 15) is 25.2 Å². The summed E-state index contributed by atoms with van der Waals surface area (Å²) < 4.78 is 5.46. The second kappa shape index (κ2) is 10.0. The molecule has 0 bridgehead atoms. The third-order valence-corrected chi connectivity index (χ3v) is 6.03. The molecule has 1 aliphatic rings. The molecule has 1 aliphatic carbocycles. The van der Waals surface area contributed by atoms with E-state index in [-0.39, 0.29) is 43.4 Å². The number of aliphatic hydroxyl groups is 3. The molecule has 7 nitrogen and oxygen atoms in total. The molecule has 4 rings (SSSR count). The number of phenols is 1. The van der Waals surface area contributed by atoms with E-state index in [1.807, 2.05) is 36.4 Å². The Hall–Kier alpha value is -3.39. The first-order valence-corrected chi connectivity index (χ1v) is 10.9. The van der Waals surface area contributed by atoms with E-state index in [1.165, 1.54) is 18.2 Å². The van der Waals surface area contributed by atoms with E-state index in [4.69, 9.17) is 4.74 Å². The zero-order chi connectivity index (χ0) is 23.4. The third kappa shape index (κ3) is 4.85. The van der Waals surface area contributed by atoms with Crippen LogP contribution in [0.25, 0.3) is 11.1 Å². The van der Waals surface area contributed by atoms with Crippen molar-refractivity contribution in [2.24, 2.45) is 0 Å². The molecule has 2 atom stereocenters. The summed E-state index contributed by atoms with van der Waals surface area (Å²) in [6.07, 6.45) is -2.86. The van der Waals surface area contributed by atoms with Crippen molar-refractivity contribution in [1.29, 1.82) is 0 Å². The maximum absolute atomic E-state index is 12.2. The van der Waals surface area contributed by atoms with Crippen LogP contribution in [0.1, 0.15) is 40.7 Å². The highest BCUT2D eigenvalue weighted by molar-refractivity contribution is 5.79. The molecule has 0 aromatic heterocycles. The second-order valence-electron chi connectivity index (χ2n) is 8.10. The number of benzene rings is 3. The number of hydrogen-bond donors (Lipinski definition) is 5. The standard InChI is InChI=1S/C26H27NO6/c28-14-17-13-16(9-10-23(17)29)25(31)24(30)11-12-27-26(32)33-15-22-20-7-3-1-5-18(20)19-6-2-4-8-21(19)22/h1-10,13,22,24-25,28-31H,11-12,14-15H2,(H,27,32). The van der Waals surface area contributed by atoms with Gasteiger partial charge in [0.25, 0.3) is 0 Å². The minimum Gasteiger partial charge on any atom is -0.508 e. The smallest absolute Gasteiger partial charge is 0.407 e. The molecule has 0 saturated heterocycles. The first-order valence-electron chi connectivity index (χ1n) is 10.9. The average Bonchev–Trinajstić information content (AvgIpc) is 3.16. The molecule has 0 heterocycles. The number of aliphatic hydroxyl groups excluding tert-OH is 3. The minimum absolute atomic E-state index is 0.0363. The Morgan fingerprint density at radius 1 is 0.970 bits per heavy atom. The lowest BCUT2D eigenvalue weighted by Crippen LogP contribution is -2.30. The number of ether oxygens (including phenoxy) is 1. The Morgan fingerprint density at radius 3 is 2.24 bits per heavy atom. The lowest BCUT2D eigenvalue weighted by atomic mass is 9.98. The van der Waals surface area contributed by atoms with Gasteiger partial charge in [0.05, 0.1) is 12.7 Å². The second-order valence-corrected chi connectivity index (χ2v) is 8.10. The summed E-state index contributed by atoms with van der Waals surface area (Å²) in [5.74, 6) is -0.120. The summed E-state index contributed by atoms with van der Waals surface area (Å²) in [6, 6.07) is 20.4. The van der Waals surface area contributed by atoms with E-state index in [2.05, 4.69) is 17.4 Å². The van der Waals surface area contributed by atoms with E-state index in [1.54, 1.807) is 0 Å². The number of fused-ring (bicyclic) bond motifs is 3. The van der Waals surface area contributed by atoms with Crippen molar-refractivity contribution >= 4 is 6.09 Å². The number of alkyl carbamates (subject to hydrolysis) is 1. The van der Waals surface area contributed by atoms with Crippen molar-refractivity contribution in [3.63, 3.8) is 0 Å². The number of hydrogen-bond acceptors (Lipinski definition) is 6. The number of carbonyl (C=O) groups excluding carboxylic acids is 1. The van der Waals surface area contributed by atoms with Gasteiger partial charge in [0.2, 0.25) is 0 Å². The van der Waals surface area contributed by atoms with Crippen molar-refractivity contribution in [1.82, 2.24) is 5.32 Å². The largest absolute Gasteiger partial charge is 0.508 e. The van der Waals surface area contributed by atoms with Crippen LogP contribution >= 0.6 is 0 Å².